The van der Waals surface area contributed by atoms with E-state index in [4.69, 9.17) is 0 Å². The van der Waals surface area contributed by atoms with E-state index in [1.54, 1.807) is 11.3 Å². The van der Waals surface area contributed by atoms with Gasteiger partial charge in [0.05, 0.1) is 11.7 Å². The van der Waals surface area contributed by atoms with Crippen molar-refractivity contribution in [1.29, 1.82) is 0 Å². The summed E-state index contributed by atoms with van der Waals surface area (Å²) in [7, 11) is 0. The SMILES string of the molecule is CCc1nnc(NC(=O)C(CC)n2cnc3sc4c(c3c2=O)CCCC4)s1. The van der Waals surface area contributed by atoms with Crippen LogP contribution in [0.15, 0.2) is 11.1 Å². The topological polar surface area (TPSA) is 89.8 Å². The molecule has 0 saturated heterocycles. The quantitative estimate of drug-likeness (QED) is 0.706. The first kappa shape index (κ1) is 18.2. The highest BCUT2D eigenvalue weighted by atomic mass is 32.1. The number of fused-ring (bicyclic) bond motifs is 3. The zero-order chi connectivity index (χ0) is 19.0. The van der Waals surface area contributed by atoms with Crippen molar-refractivity contribution in [3.05, 3.63) is 32.1 Å². The molecular weight excluding hydrogens is 382 g/mol. The summed E-state index contributed by atoms with van der Waals surface area (Å²) in [5.41, 5.74) is 1.02. The van der Waals surface area contributed by atoms with Gasteiger partial charge in [-0.2, -0.15) is 0 Å². The number of thiophene rings is 1. The van der Waals surface area contributed by atoms with Crippen molar-refractivity contribution in [2.45, 2.75) is 58.4 Å². The fourth-order valence-electron chi connectivity index (χ4n) is 3.53. The summed E-state index contributed by atoms with van der Waals surface area (Å²) >= 11 is 2.97. The molecule has 1 aliphatic rings. The van der Waals surface area contributed by atoms with Crippen molar-refractivity contribution in [2.75, 3.05) is 5.32 Å². The number of amides is 1. The van der Waals surface area contributed by atoms with Crippen molar-refractivity contribution in [3.8, 4) is 0 Å². The highest BCUT2D eigenvalue weighted by Crippen LogP contribution is 2.33. The van der Waals surface area contributed by atoms with Crippen molar-refractivity contribution < 1.29 is 4.79 Å². The Labute approximate surface area is 164 Å². The first-order chi connectivity index (χ1) is 13.1. The van der Waals surface area contributed by atoms with Gasteiger partial charge in [-0.1, -0.05) is 25.2 Å². The highest BCUT2D eigenvalue weighted by molar-refractivity contribution is 7.18. The first-order valence-corrected chi connectivity index (χ1v) is 10.9. The molecule has 0 radical (unpaired) electrons. The van der Waals surface area contributed by atoms with Crippen LogP contribution in [-0.4, -0.2) is 25.7 Å². The number of carbonyl (C=O) groups is 1. The van der Waals surface area contributed by atoms with Gasteiger partial charge in [0, 0.05) is 4.88 Å². The van der Waals surface area contributed by atoms with E-state index in [0.29, 0.717) is 16.9 Å². The highest BCUT2D eigenvalue weighted by Gasteiger charge is 2.25. The molecule has 0 bridgehead atoms. The molecule has 3 aromatic heterocycles. The molecule has 9 heteroatoms. The van der Waals surface area contributed by atoms with Crippen LogP contribution >= 0.6 is 22.7 Å². The minimum Gasteiger partial charge on any atom is -0.299 e. The Bertz CT molecular complexity index is 1050. The van der Waals surface area contributed by atoms with Gasteiger partial charge >= 0.3 is 0 Å². The third-order valence-corrected chi connectivity index (χ3v) is 7.11. The summed E-state index contributed by atoms with van der Waals surface area (Å²) in [5, 5.41) is 12.8. The summed E-state index contributed by atoms with van der Waals surface area (Å²) < 4.78 is 1.47. The van der Waals surface area contributed by atoms with Crippen LogP contribution in [0.1, 0.15) is 54.6 Å². The minimum absolute atomic E-state index is 0.118. The number of nitrogens with one attached hydrogen (secondary N) is 1. The number of anilines is 1. The predicted molar refractivity (Wildman–Crippen MR) is 108 cm³/mol. The molecule has 0 spiro atoms. The molecule has 4 rings (SSSR count). The molecule has 3 aromatic rings. The van der Waals surface area contributed by atoms with E-state index in [0.717, 1.165) is 47.5 Å². The van der Waals surface area contributed by atoms with Crippen LogP contribution in [0.4, 0.5) is 5.13 Å². The lowest BCUT2D eigenvalue weighted by atomic mass is 9.97. The van der Waals surface area contributed by atoms with Crippen LogP contribution in [0, 0.1) is 0 Å². The third kappa shape index (κ3) is 3.29. The van der Waals surface area contributed by atoms with E-state index >= 15 is 0 Å². The van der Waals surface area contributed by atoms with E-state index < -0.39 is 6.04 Å². The Balaban J connectivity index is 1.69. The molecule has 3 heterocycles. The van der Waals surface area contributed by atoms with Gasteiger partial charge in [0.1, 0.15) is 15.9 Å². The molecule has 27 heavy (non-hydrogen) atoms. The Morgan fingerprint density at radius 3 is 2.81 bits per heavy atom. The Hall–Kier alpha value is -2.13. The molecule has 7 nitrogen and oxygen atoms in total. The van der Waals surface area contributed by atoms with Crippen LogP contribution in [0.25, 0.3) is 10.2 Å². The van der Waals surface area contributed by atoms with E-state index in [1.807, 2.05) is 13.8 Å². The van der Waals surface area contributed by atoms with E-state index in [2.05, 4.69) is 20.5 Å². The van der Waals surface area contributed by atoms with Crippen molar-refractivity contribution in [2.24, 2.45) is 0 Å². The Morgan fingerprint density at radius 1 is 1.26 bits per heavy atom. The van der Waals surface area contributed by atoms with Gasteiger partial charge in [0.15, 0.2) is 0 Å². The van der Waals surface area contributed by atoms with Gasteiger partial charge in [-0.3, -0.25) is 19.5 Å². The maximum Gasteiger partial charge on any atom is 0.263 e. The molecule has 1 amide bonds. The van der Waals surface area contributed by atoms with Gasteiger partial charge in [-0.05, 0) is 44.1 Å². The van der Waals surface area contributed by atoms with Gasteiger partial charge in [-0.15, -0.1) is 21.5 Å². The maximum absolute atomic E-state index is 13.2. The third-order valence-electron chi connectivity index (χ3n) is 4.93. The summed E-state index contributed by atoms with van der Waals surface area (Å²) in [6, 6.07) is -0.623. The maximum atomic E-state index is 13.2. The fourth-order valence-corrected chi connectivity index (χ4v) is 5.43. The predicted octanol–water partition coefficient (Wildman–Crippen LogP) is 3.34. The largest absolute Gasteiger partial charge is 0.299 e. The van der Waals surface area contributed by atoms with E-state index in [9.17, 15) is 9.59 Å². The number of hydrogen-bond acceptors (Lipinski definition) is 7. The molecule has 1 atom stereocenters. The van der Waals surface area contributed by atoms with Crippen LogP contribution in [0.2, 0.25) is 0 Å². The lowest BCUT2D eigenvalue weighted by Gasteiger charge is -2.17. The van der Waals surface area contributed by atoms with E-state index in [-0.39, 0.29) is 11.5 Å². The molecule has 0 aliphatic heterocycles. The Kier molecular flexibility index (Phi) is 5.05. The smallest absolute Gasteiger partial charge is 0.263 e. The van der Waals surface area contributed by atoms with E-state index in [1.165, 1.54) is 27.1 Å². The van der Waals surface area contributed by atoms with Crippen LogP contribution in [0.5, 0.6) is 0 Å². The van der Waals surface area contributed by atoms with Crippen molar-refractivity contribution in [3.63, 3.8) is 0 Å². The van der Waals surface area contributed by atoms with Crippen LogP contribution < -0.4 is 10.9 Å². The molecule has 142 valence electrons. The monoisotopic (exact) mass is 403 g/mol. The molecule has 0 fully saturated rings. The van der Waals surface area contributed by atoms with Gasteiger partial charge in [-0.25, -0.2) is 4.98 Å². The number of nitrogens with zero attached hydrogens (tertiary/aromatic N) is 4. The van der Waals surface area contributed by atoms with Crippen LogP contribution in [-0.2, 0) is 24.1 Å². The first-order valence-electron chi connectivity index (χ1n) is 9.27. The second-order valence-corrected chi connectivity index (χ2v) is 8.76. The zero-order valence-corrected chi connectivity index (χ0v) is 17.0. The summed E-state index contributed by atoms with van der Waals surface area (Å²) in [6.45, 7) is 3.88. The molecule has 0 aromatic carbocycles. The second-order valence-electron chi connectivity index (χ2n) is 6.62. The second kappa shape index (κ2) is 7.47. The molecule has 1 aliphatic carbocycles. The van der Waals surface area contributed by atoms with Gasteiger partial charge in [0.25, 0.3) is 5.56 Å². The van der Waals surface area contributed by atoms with Gasteiger partial charge < -0.3 is 0 Å². The zero-order valence-electron chi connectivity index (χ0n) is 15.3. The fraction of sp³-hybridized carbons (Fsp3) is 0.500. The van der Waals surface area contributed by atoms with Crippen LogP contribution in [0.3, 0.4) is 0 Å². The Morgan fingerprint density at radius 2 is 2.07 bits per heavy atom. The standard InChI is InChI=1S/C18H21N5O2S2/c1-3-11(15(24)20-18-22-21-13(4-2)27-18)23-9-19-16-14(17(23)25)10-7-5-6-8-12(10)26-16/h9,11H,3-8H2,1-2H3,(H,20,22,24). The van der Waals surface area contributed by atoms with Gasteiger partial charge in [0.2, 0.25) is 11.0 Å². The molecule has 1 unspecified atom stereocenters. The number of aryl methyl sites for hydroxylation is 3. The lowest BCUT2D eigenvalue weighted by Crippen LogP contribution is -2.33. The summed E-state index contributed by atoms with van der Waals surface area (Å²) in [6.07, 6.45) is 6.97. The average molecular weight is 404 g/mol. The molecule has 1 N–H and O–H groups in total. The van der Waals surface area contributed by atoms with Crippen molar-refractivity contribution >= 4 is 43.9 Å². The van der Waals surface area contributed by atoms with Crippen molar-refractivity contribution in [1.82, 2.24) is 19.7 Å². The summed E-state index contributed by atoms with van der Waals surface area (Å²) in [5.74, 6) is -0.261. The number of hydrogen-bond donors (Lipinski definition) is 1. The normalized spacial score (nSPS) is 14.9. The minimum atomic E-state index is -0.623. The number of aromatic nitrogens is 4. The molecule has 0 saturated carbocycles. The average Bonchev–Trinajstić information content (AvgIpc) is 3.28. The number of carbonyl (C=O) groups excluding carboxylic acids is 1. The molecular formula is C18H21N5O2S2. The lowest BCUT2D eigenvalue weighted by molar-refractivity contribution is -0.119. The number of rotatable bonds is 5. The summed E-state index contributed by atoms with van der Waals surface area (Å²) in [4.78, 5) is 32.6.